The molecule has 0 aliphatic carbocycles. The number of carboxylic acid groups (broad SMARTS) is 1. The number of pyridine rings is 1. The van der Waals surface area contributed by atoms with E-state index in [0.29, 0.717) is 6.42 Å². The van der Waals surface area contributed by atoms with Crippen molar-refractivity contribution in [3.63, 3.8) is 0 Å². The van der Waals surface area contributed by atoms with Gasteiger partial charge in [-0.1, -0.05) is 34.1 Å². The number of aromatic nitrogens is 1. The summed E-state index contributed by atoms with van der Waals surface area (Å²) >= 11 is 0. The van der Waals surface area contributed by atoms with E-state index in [-0.39, 0.29) is 47.3 Å². The molecule has 2 rings (SSSR count). The lowest BCUT2D eigenvalue weighted by Gasteiger charge is -2.25. The Morgan fingerprint density at radius 2 is 1.87 bits per heavy atom. The zero-order chi connectivity index (χ0) is 22.7. The fourth-order valence-electron chi connectivity index (χ4n) is 3.10. The number of amides is 1. The number of ether oxygens (including phenoxy) is 1. The summed E-state index contributed by atoms with van der Waals surface area (Å²) < 4.78 is 47.1. The van der Waals surface area contributed by atoms with E-state index in [2.05, 4.69) is 5.32 Å². The van der Waals surface area contributed by atoms with Gasteiger partial charge in [0.15, 0.2) is 0 Å². The summed E-state index contributed by atoms with van der Waals surface area (Å²) in [5.74, 6) is 0.0992. The van der Waals surface area contributed by atoms with Crippen LogP contribution >= 0.6 is 0 Å². The number of alkyl halides is 3. The van der Waals surface area contributed by atoms with Gasteiger partial charge in [0, 0.05) is 11.9 Å². The zero-order valence-corrected chi connectivity index (χ0v) is 17.5. The highest BCUT2D eigenvalue weighted by Gasteiger charge is 2.32. The standard InChI is InChI=1S/C21H27F3N2O4/c1-5-6-9-30-17-15-10-13(21(22,23)24)7-8-14(15)18(27)26(12-20(2,3)4)16(17)11-25-19(28)29/h7-8,10,25H,5-6,9,11-12H2,1-4H3,(H,28,29). The Labute approximate surface area is 172 Å². The van der Waals surface area contributed by atoms with Crippen LogP contribution in [0.1, 0.15) is 51.8 Å². The van der Waals surface area contributed by atoms with Crippen molar-refractivity contribution in [1.82, 2.24) is 9.88 Å². The minimum absolute atomic E-state index is 0.0262. The SMILES string of the molecule is CCCCOc1c(CNC(=O)O)n(CC(C)(C)C)c(=O)c2ccc(C(F)(F)F)cc12. The van der Waals surface area contributed by atoms with Gasteiger partial charge < -0.3 is 19.7 Å². The summed E-state index contributed by atoms with van der Waals surface area (Å²) in [7, 11) is 0. The third-order valence-electron chi connectivity index (χ3n) is 4.44. The lowest BCUT2D eigenvalue weighted by atomic mass is 9.96. The number of benzene rings is 1. The molecule has 2 aromatic rings. The van der Waals surface area contributed by atoms with Gasteiger partial charge in [-0.15, -0.1) is 0 Å². The molecule has 2 N–H and O–H groups in total. The van der Waals surface area contributed by atoms with Gasteiger partial charge >= 0.3 is 12.3 Å². The Bertz CT molecular complexity index is 975. The summed E-state index contributed by atoms with van der Waals surface area (Å²) in [5.41, 5.74) is -1.53. The molecule has 1 aromatic carbocycles. The first-order valence-corrected chi connectivity index (χ1v) is 9.71. The molecule has 0 saturated carbocycles. The number of nitrogens with zero attached hydrogens (tertiary/aromatic N) is 1. The van der Waals surface area contributed by atoms with Crippen molar-refractivity contribution in [2.45, 2.75) is 59.8 Å². The van der Waals surface area contributed by atoms with E-state index in [9.17, 15) is 22.8 Å². The molecular weight excluding hydrogens is 401 g/mol. The first kappa shape index (κ1) is 23.6. The monoisotopic (exact) mass is 428 g/mol. The predicted octanol–water partition coefficient (Wildman–Crippen LogP) is 5.01. The van der Waals surface area contributed by atoms with Crippen LogP contribution in [-0.2, 0) is 19.3 Å². The first-order valence-electron chi connectivity index (χ1n) is 9.71. The lowest BCUT2D eigenvalue weighted by Crippen LogP contribution is -2.33. The van der Waals surface area contributed by atoms with Gasteiger partial charge in [0.2, 0.25) is 0 Å². The van der Waals surface area contributed by atoms with Crippen LogP contribution in [0.3, 0.4) is 0 Å². The Hall–Kier alpha value is -2.71. The molecule has 0 atom stereocenters. The Kier molecular flexibility index (Phi) is 7.05. The van der Waals surface area contributed by atoms with E-state index >= 15 is 0 Å². The van der Waals surface area contributed by atoms with Crippen LogP contribution in [0.2, 0.25) is 0 Å². The minimum atomic E-state index is -4.59. The number of hydrogen-bond acceptors (Lipinski definition) is 3. The van der Waals surface area contributed by atoms with Crippen LogP contribution in [-0.4, -0.2) is 22.4 Å². The van der Waals surface area contributed by atoms with Gasteiger partial charge in [-0.3, -0.25) is 4.79 Å². The second-order valence-electron chi connectivity index (χ2n) is 8.35. The van der Waals surface area contributed by atoms with Crippen LogP contribution in [0, 0.1) is 5.41 Å². The molecule has 0 unspecified atom stereocenters. The summed E-state index contributed by atoms with van der Waals surface area (Å²) in [6.45, 7) is 7.86. The maximum absolute atomic E-state index is 13.3. The smallest absolute Gasteiger partial charge is 0.416 e. The number of fused-ring (bicyclic) bond motifs is 1. The fraction of sp³-hybridized carbons (Fsp3) is 0.524. The third kappa shape index (κ3) is 5.67. The van der Waals surface area contributed by atoms with Gasteiger partial charge in [0.1, 0.15) is 5.75 Å². The van der Waals surface area contributed by atoms with Crippen LogP contribution < -0.4 is 15.6 Å². The fourth-order valence-corrected chi connectivity index (χ4v) is 3.10. The molecule has 1 amide bonds. The molecule has 1 heterocycles. The van der Waals surface area contributed by atoms with Crippen LogP contribution in [0.5, 0.6) is 5.75 Å². The molecule has 1 aromatic heterocycles. The van der Waals surface area contributed by atoms with E-state index in [1.807, 2.05) is 27.7 Å². The number of nitrogens with one attached hydrogen (secondary N) is 1. The molecule has 0 aliphatic rings. The number of hydrogen-bond donors (Lipinski definition) is 2. The van der Waals surface area contributed by atoms with Crippen molar-refractivity contribution < 1.29 is 27.8 Å². The Morgan fingerprint density at radius 3 is 2.40 bits per heavy atom. The van der Waals surface area contributed by atoms with Crippen molar-refractivity contribution >= 4 is 16.9 Å². The van der Waals surface area contributed by atoms with E-state index in [1.165, 1.54) is 4.57 Å². The number of unbranched alkanes of at least 4 members (excludes halogenated alkanes) is 1. The molecule has 9 heteroatoms. The van der Waals surface area contributed by atoms with Gasteiger partial charge in [-0.2, -0.15) is 13.2 Å². The summed E-state index contributed by atoms with van der Waals surface area (Å²) in [6.07, 6.45) is -4.44. The zero-order valence-electron chi connectivity index (χ0n) is 17.5. The summed E-state index contributed by atoms with van der Waals surface area (Å²) in [4.78, 5) is 24.3. The van der Waals surface area contributed by atoms with Gasteiger partial charge in [-0.05, 0) is 30.0 Å². The van der Waals surface area contributed by atoms with Gasteiger partial charge in [-0.25, -0.2) is 4.79 Å². The Morgan fingerprint density at radius 1 is 1.20 bits per heavy atom. The third-order valence-corrected chi connectivity index (χ3v) is 4.44. The van der Waals surface area contributed by atoms with E-state index < -0.39 is 23.4 Å². The second-order valence-corrected chi connectivity index (χ2v) is 8.35. The highest BCUT2D eigenvalue weighted by atomic mass is 19.4. The normalized spacial score (nSPS) is 12.2. The van der Waals surface area contributed by atoms with Crippen molar-refractivity contribution in [3.05, 3.63) is 39.8 Å². The molecule has 0 bridgehead atoms. The quantitative estimate of drug-likeness (QED) is 0.608. The first-order chi connectivity index (χ1) is 13.8. The largest absolute Gasteiger partial charge is 0.491 e. The van der Waals surface area contributed by atoms with Crippen LogP contribution in [0.25, 0.3) is 10.8 Å². The Balaban J connectivity index is 2.85. The topological polar surface area (TPSA) is 80.6 Å². The van der Waals surface area contributed by atoms with Crippen LogP contribution in [0.4, 0.5) is 18.0 Å². The molecular formula is C21H27F3N2O4. The molecule has 0 aliphatic heterocycles. The number of rotatable bonds is 7. The molecule has 6 nitrogen and oxygen atoms in total. The molecule has 0 fully saturated rings. The molecule has 30 heavy (non-hydrogen) atoms. The maximum Gasteiger partial charge on any atom is 0.416 e. The maximum atomic E-state index is 13.3. The van der Waals surface area contributed by atoms with Crippen molar-refractivity contribution in [1.29, 1.82) is 0 Å². The lowest BCUT2D eigenvalue weighted by molar-refractivity contribution is -0.137. The number of halogens is 3. The van der Waals surface area contributed by atoms with Gasteiger partial charge in [0.05, 0.1) is 29.8 Å². The molecule has 166 valence electrons. The van der Waals surface area contributed by atoms with Crippen LogP contribution in [0.15, 0.2) is 23.0 Å². The predicted molar refractivity (Wildman–Crippen MR) is 108 cm³/mol. The second kappa shape index (κ2) is 8.97. The van der Waals surface area contributed by atoms with Crippen molar-refractivity contribution in [2.75, 3.05) is 6.61 Å². The van der Waals surface area contributed by atoms with E-state index in [0.717, 1.165) is 24.6 Å². The molecule has 0 saturated heterocycles. The molecule has 0 spiro atoms. The molecule has 0 radical (unpaired) electrons. The minimum Gasteiger partial charge on any atom is -0.491 e. The average molecular weight is 428 g/mol. The summed E-state index contributed by atoms with van der Waals surface area (Å²) in [5, 5.41) is 11.4. The highest BCUT2D eigenvalue weighted by Crippen LogP contribution is 2.35. The van der Waals surface area contributed by atoms with Crippen molar-refractivity contribution in [2.24, 2.45) is 5.41 Å². The summed E-state index contributed by atoms with van der Waals surface area (Å²) in [6, 6.07) is 2.92. The van der Waals surface area contributed by atoms with Gasteiger partial charge in [0.25, 0.3) is 5.56 Å². The van der Waals surface area contributed by atoms with E-state index in [1.54, 1.807) is 0 Å². The number of carbonyl (C=O) groups is 1. The van der Waals surface area contributed by atoms with E-state index in [4.69, 9.17) is 9.84 Å². The highest BCUT2D eigenvalue weighted by molar-refractivity contribution is 5.89. The van der Waals surface area contributed by atoms with Crippen molar-refractivity contribution in [3.8, 4) is 5.75 Å². The average Bonchev–Trinajstić information content (AvgIpc) is 2.62.